The smallest absolute Gasteiger partial charge is 0.273 e. The third kappa shape index (κ3) is 6.50. The van der Waals surface area contributed by atoms with Gasteiger partial charge in [-0.2, -0.15) is 0 Å². The second-order valence-corrected chi connectivity index (χ2v) is 12.2. The molecule has 224 valence electrons. The van der Waals surface area contributed by atoms with Gasteiger partial charge in [-0.3, -0.25) is 19.2 Å². The van der Waals surface area contributed by atoms with Gasteiger partial charge in [-0.15, -0.1) is 0 Å². The van der Waals surface area contributed by atoms with E-state index >= 15 is 0 Å². The molecular weight excluding hydrogens is 536 g/mol. The number of carbonyl (C=O) groups is 4. The maximum atomic E-state index is 14.3. The van der Waals surface area contributed by atoms with Gasteiger partial charge in [0.1, 0.15) is 17.8 Å². The SMILES string of the molecule is Cc1cc(C(=O)N[C@@H]2C[C@H]3C(=O)N[C@H](C(C)C)CC[C@@H](C)CC(=O)N[C@H](Cc4c[nH]c5ccccc45)C(=O)N3C2)no1. The number of aromatic nitrogens is 2. The van der Waals surface area contributed by atoms with Crippen LogP contribution in [0.4, 0.5) is 0 Å². The minimum atomic E-state index is -0.881. The van der Waals surface area contributed by atoms with Crippen molar-refractivity contribution in [2.75, 3.05) is 6.54 Å². The third-order valence-corrected chi connectivity index (χ3v) is 8.45. The van der Waals surface area contributed by atoms with Crippen LogP contribution in [0.25, 0.3) is 10.9 Å². The average Bonchev–Trinajstić information content (AvgIpc) is 3.68. The molecule has 4 amide bonds. The van der Waals surface area contributed by atoms with Crippen LogP contribution in [0.3, 0.4) is 0 Å². The summed E-state index contributed by atoms with van der Waals surface area (Å²) in [6.45, 7) is 7.96. The van der Waals surface area contributed by atoms with Crippen LogP contribution < -0.4 is 16.0 Å². The molecule has 4 N–H and O–H groups in total. The molecule has 0 saturated carbocycles. The van der Waals surface area contributed by atoms with E-state index in [0.717, 1.165) is 29.3 Å². The molecule has 2 aromatic heterocycles. The van der Waals surface area contributed by atoms with E-state index in [1.165, 1.54) is 11.0 Å². The lowest BCUT2D eigenvalue weighted by Crippen LogP contribution is -2.55. The summed E-state index contributed by atoms with van der Waals surface area (Å²) < 4.78 is 5.04. The molecule has 5 rings (SSSR count). The highest BCUT2D eigenvalue weighted by Gasteiger charge is 2.43. The molecule has 1 aromatic carbocycles. The molecular formula is C31H40N6O5. The number of nitrogens with one attached hydrogen (secondary N) is 4. The second kappa shape index (κ2) is 12.4. The summed E-state index contributed by atoms with van der Waals surface area (Å²) in [7, 11) is 0. The van der Waals surface area contributed by atoms with E-state index in [-0.39, 0.29) is 67.1 Å². The summed E-state index contributed by atoms with van der Waals surface area (Å²) in [5, 5.41) is 13.9. The van der Waals surface area contributed by atoms with Crippen LogP contribution in [-0.2, 0) is 20.8 Å². The van der Waals surface area contributed by atoms with Gasteiger partial charge in [0.25, 0.3) is 5.91 Å². The molecule has 0 aliphatic carbocycles. The number of hydrogen-bond donors (Lipinski definition) is 4. The van der Waals surface area contributed by atoms with Gasteiger partial charge in [0.15, 0.2) is 5.69 Å². The number of fused-ring (bicyclic) bond motifs is 2. The van der Waals surface area contributed by atoms with E-state index in [1.807, 2.05) is 37.4 Å². The van der Waals surface area contributed by atoms with E-state index in [0.29, 0.717) is 5.76 Å². The summed E-state index contributed by atoms with van der Waals surface area (Å²) >= 11 is 0. The fraction of sp³-hybridized carbons (Fsp3) is 0.516. The minimum Gasteiger partial charge on any atom is -0.361 e. The number of carbonyl (C=O) groups excluding carboxylic acids is 4. The average molecular weight is 577 g/mol. The Morgan fingerprint density at radius 3 is 2.69 bits per heavy atom. The Kier molecular flexibility index (Phi) is 8.65. The Labute approximate surface area is 245 Å². The second-order valence-electron chi connectivity index (χ2n) is 12.2. The zero-order chi connectivity index (χ0) is 30.0. The molecule has 2 aliphatic rings. The molecule has 2 aliphatic heterocycles. The molecule has 4 heterocycles. The number of benzene rings is 1. The molecule has 11 heteroatoms. The van der Waals surface area contributed by atoms with E-state index in [2.05, 4.69) is 39.9 Å². The Bertz CT molecular complexity index is 1460. The predicted octanol–water partition coefficient (Wildman–Crippen LogP) is 2.85. The highest BCUT2D eigenvalue weighted by molar-refractivity contribution is 5.95. The molecule has 0 radical (unpaired) electrons. The van der Waals surface area contributed by atoms with E-state index in [4.69, 9.17) is 4.52 Å². The first kappa shape index (κ1) is 29.3. The normalized spacial score (nSPS) is 25.8. The number of aromatic amines is 1. The summed E-state index contributed by atoms with van der Waals surface area (Å²) in [6, 6.07) is 7.07. The largest absolute Gasteiger partial charge is 0.361 e. The van der Waals surface area contributed by atoms with Gasteiger partial charge >= 0.3 is 0 Å². The Morgan fingerprint density at radius 2 is 1.95 bits per heavy atom. The fourth-order valence-corrected chi connectivity index (χ4v) is 6.07. The summed E-state index contributed by atoms with van der Waals surface area (Å²) in [4.78, 5) is 58.9. The van der Waals surface area contributed by atoms with E-state index in [9.17, 15) is 19.2 Å². The molecule has 42 heavy (non-hydrogen) atoms. The van der Waals surface area contributed by atoms with Gasteiger partial charge in [-0.1, -0.05) is 44.1 Å². The lowest BCUT2D eigenvalue weighted by Gasteiger charge is -2.30. The monoisotopic (exact) mass is 576 g/mol. The number of H-pyrrole nitrogens is 1. The molecule has 2 saturated heterocycles. The van der Waals surface area contributed by atoms with Crippen molar-refractivity contribution >= 4 is 34.5 Å². The van der Waals surface area contributed by atoms with Crippen LogP contribution in [0.5, 0.6) is 0 Å². The number of aryl methyl sites for hydroxylation is 1. The Balaban J connectivity index is 1.45. The Hall–Kier alpha value is -4.15. The van der Waals surface area contributed by atoms with Gasteiger partial charge in [0.2, 0.25) is 17.7 Å². The van der Waals surface area contributed by atoms with Gasteiger partial charge in [0.05, 0.1) is 0 Å². The number of para-hydroxylation sites is 1. The highest BCUT2D eigenvalue weighted by Crippen LogP contribution is 2.25. The lowest BCUT2D eigenvalue weighted by molar-refractivity contribution is -0.141. The number of nitrogens with zero attached hydrogens (tertiary/aromatic N) is 2. The number of hydrogen-bond acceptors (Lipinski definition) is 6. The lowest BCUT2D eigenvalue weighted by atomic mass is 9.92. The first-order valence-electron chi connectivity index (χ1n) is 14.8. The molecule has 0 unspecified atom stereocenters. The van der Waals surface area contributed by atoms with Crippen LogP contribution in [0, 0.1) is 18.8 Å². The van der Waals surface area contributed by atoms with Crippen LogP contribution in [0.15, 0.2) is 41.1 Å². The molecule has 5 atom stereocenters. The number of rotatable bonds is 5. The van der Waals surface area contributed by atoms with E-state index < -0.39 is 24.0 Å². The van der Waals surface area contributed by atoms with Crippen LogP contribution in [-0.4, -0.2) is 69.4 Å². The minimum absolute atomic E-state index is 0.0901. The zero-order valence-electron chi connectivity index (χ0n) is 24.6. The molecule has 0 bridgehead atoms. The highest BCUT2D eigenvalue weighted by atomic mass is 16.5. The van der Waals surface area contributed by atoms with Gasteiger partial charge in [-0.25, -0.2) is 0 Å². The first-order valence-corrected chi connectivity index (χ1v) is 14.8. The summed E-state index contributed by atoms with van der Waals surface area (Å²) in [5.41, 5.74) is 1.97. The van der Waals surface area contributed by atoms with Crippen molar-refractivity contribution in [2.24, 2.45) is 11.8 Å². The van der Waals surface area contributed by atoms with Crippen molar-refractivity contribution in [1.29, 1.82) is 0 Å². The van der Waals surface area contributed by atoms with Crippen molar-refractivity contribution < 1.29 is 23.7 Å². The maximum Gasteiger partial charge on any atom is 0.273 e. The topological polar surface area (TPSA) is 149 Å². The quantitative estimate of drug-likeness (QED) is 0.367. The Morgan fingerprint density at radius 1 is 1.17 bits per heavy atom. The van der Waals surface area contributed by atoms with Gasteiger partial charge in [0, 0.05) is 54.6 Å². The fourth-order valence-electron chi connectivity index (χ4n) is 6.07. The first-order chi connectivity index (χ1) is 20.1. The third-order valence-electron chi connectivity index (χ3n) is 8.45. The van der Waals surface area contributed by atoms with Crippen molar-refractivity contribution in [3.63, 3.8) is 0 Å². The van der Waals surface area contributed by atoms with Gasteiger partial charge < -0.3 is 30.4 Å². The van der Waals surface area contributed by atoms with Gasteiger partial charge in [-0.05, 0) is 49.7 Å². The molecule has 2 fully saturated rings. The standard InChI is InChI=1S/C31H40N6O5/c1-17(2)23-10-9-18(3)11-28(38)34-26(13-20-15-32-24-8-6-5-7-22(20)24)31(41)37-16-21(14-27(37)30(40)35-23)33-29(39)25-12-19(4)42-36-25/h5-8,12,15,17-18,21,23,26-27,32H,9-11,13-14,16H2,1-4H3,(H,33,39)(H,34,38)(H,35,40)/t18-,21-,23+,26-,27+/m1/s1. The molecule has 3 aromatic rings. The van der Waals surface area contributed by atoms with Crippen LogP contribution in [0.2, 0.25) is 0 Å². The molecule has 11 nitrogen and oxygen atoms in total. The van der Waals surface area contributed by atoms with Crippen molar-refractivity contribution in [3.8, 4) is 0 Å². The van der Waals surface area contributed by atoms with Crippen molar-refractivity contribution in [1.82, 2.24) is 31.0 Å². The predicted molar refractivity (Wildman–Crippen MR) is 156 cm³/mol. The van der Waals surface area contributed by atoms with Crippen LogP contribution in [0.1, 0.15) is 68.3 Å². The molecule has 0 spiro atoms. The number of amides is 4. The van der Waals surface area contributed by atoms with E-state index in [1.54, 1.807) is 6.92 Å². The van der Waals surface area contributed by atoms with Crippen LogP contribution >= 0.6 is 0 Å². The summed E-state index contributed by atoms with van der Waals surface area (Å²) in [6.07, 6.45) is 4.14. The van der Waals surface area contributed by atoms with Crippen molar-refractivity contribution in [3.05, 3.63) is 53.5 Å². The zero-order valence-corrected chi connectivity index (χ0v) is 24.6. The summed E-state index contributed by atoms with van der Waals surface area (Å²) in [5.74, 6) is -0.457. The van der Waals surface area contributed by atoms with Crippen molar-refractivity contribution in [2.45, 2.75) is 84.0 Å². The maximum absolute atomic E-state index is 14.3.